The second-order valence-electron chi connectivity index (χ2n) is 4.04. The van der Waals surface area contributed by atoms with E-state index < -0.39 is 11.7 Å². The lowest BCUT2D eigenvalue weighted by atomic mass is 10.1. The lowest BCUT2D eigenvalue weighted by Crippen LogP contribution is -2.30. The van der Waals surface area contributed by atoms with Crippen molar-refractivity contribution in [3.05, 3.63) is 23.0 Å². The highest BCUT2D eigenvalue weighted by molar-refractivity contribution is 5.31. The number of hydrogen-bond acceptors (Lipinski definition) is 1. The van der Waals surface area contributed by atoms with Gasteiger partial charge in [-0.2, -0.15) is 13.2 Å². The summed E-state index contributed by atoms with van der Waals surface area (Å²) in [6, 6.07) is 1.22. The van der Waals surface area contributed by atoms with E-state index >= 15 is 0 Å². The van der Waals surface area contributed by atoms with Crippen LogP contribution >= 0.6 is 0 Å². The third-order valence-electron chi connectivity index (χ3n) is 2.95. The van der Waals surface area contributed by atoms with Crippen LogP contribution < -0.4 is 5.73 Å². The van der Waals surface area contributed by atoms with Crippen LogP contribution in [0.5, 0.6) is 0 Å². The number of nitrogens with zero attached hydrogens (tertiary/aromatic N) is 1. The standard InChI is InChI=1S/C10H13F3N2/c1-6-9(10(11,12)13)5-8-4-7(14)2-3-15(6)8/h5,7H,2-4,14H2,1H3. The minimum Gasteiger partial charge on any atom is -0.348 e. The Morgan fingerprint density at radius 2 is 2.13 bits per heavy atom. The van der Waals surface area contributed by atoms with Gasteiger partial charge in [-0.05, 0) is 19.4 Å². The molecule has 1 aromatic heterocycles. The summed E-state index contributed by atoms with van der Waals surface area (Å²) in [5.41, 5.74) is 6.22. The Kier molecular flexibility index (Phi) is 2.30. The van der Waals surface area contributed by atoms with Gasteiger partial charge in [0.05, 0.1) is 5.56 Å². The molecule has 15 heavy (non-hydrogen) atoms. The van der Waals surface area contributed by atoms with Gasteiger partial charge in [-0.3, -0.25) is 0 Å². The average molecular weight is 218 g/mol. The molecule has 0 spiro atoms. The molecule has 1 aromatic rings. The quantitative estimate of drug-likeness (QED) is 0.710. The van der Waals surface area contributed by atoms with Crippen LogP contribution in [-0.4, -0.2) is 10.6 Å². The van der Waals surface area contributed by atoms with E-state index in [-0.39, 0.29) is 6.04 Å². The molecule has 84 valence electrons. The molecule has 1 aliphatic heterocycles. The van der Waals surface area contributed by atoms with Crippen molar-refractivity contribution < 1.29 is 13.2 Å². The molecular weight excluding hydrogens is 205 g/mol. The number of nitrogens with two attached hydrogens (primary N) is 1. The predicted molar refractivity (Wildman–Crippen MR) is 50.5 cm³/mol. The third kappa shape index (κ3) is 1.76. The van der Waals surface area contributed by atoms with E-state index in [2.05, 4.69) is 0 Å². The Bertz CT molecular complexity index is 379. The summed E-state index contributed by atoms with van der Waals surface area (Å²) in [7, 11) is 0. The van der Waals surface area contributed by atoms with Gasteiger partial charge in [0.25, 0.3) is 0 Å². The highest BCUT2D eigenvalue weighted by Gasteiger charge is 2.36. The molecule has 0 bridgehead atoms. The topological polar surface area (TPSA) is 30.9 Å². The van der Waals surface area contributed by atoms with Crippen LogP contribution in [0.15, 0.2) is 6.07 Å². The Morgan fingerprint density at radius 3 is 2.73 bits per heavy atom. The van der Waals surface area contributed by atoms with Crippen LogP contribution in [0.2, 0.25) is 0 Å². The zero-order valence-corrected chi connectivity index (χ0v) is 8.43. The molecule has 0 saturated heterocycles. The molecule has 2 nitrogen and oxygen atoms in total. The SMILES string of the molecule is Cc1c(C(F)(F)F)cc2n1CCC(N)C2. The highest BCUT2D eigenvalue weighted by Crippen LogP contribution is 2.35. The fourth-order valence-electron chi connectivity index (χ4n) is 2.14. The van der Waals surface area contributed by atoms with Gasteiger partial charge in [-0.15, -0.1) is 0 Å². The zero-order valence-electron chi connectivity index (χ0n) is 8.43. The first-order valence-corrected chi connectivity index (χ1v) is 4.91. The van der Waals surface area contributed by atoms with Gasteiger partial charge in [0.1, 0.15) is 0 Å². The first-order chi connectivity index (χ1) is 6.89. The largest absolute Gasteiger partial charge is 0.418 e. The smallest absolute Gasteiger partial charge is 0.348 e. The predicted octanol–water partition coefficient (Wildman–Crippen LogP) is 2.09. The van der Waals surface area contributed by atoms with Gasteiger partial charge in [-0.25, -0.2) is 0 Å². The molecule has 2 N–H and O–H groups in total. The van der Waals surface area contributed by atoms with Crippen LogP contribution in [0.3, 0.4) is 0 Å². The molecule has 5 heteroatoms. The summed E-state index contributed by atoms with van der Waals surface area (Å²) in [5.74, 6) is 0. The maximum Gasteiger partial charge on any atom is 0.418 e. The summed E-state index contributed by atoms with van der Waals surface area (Å²) in [4.78, 5) is 0. The first kappa shape index (κ1) is 10.5. The second kappa shape index (κ2) is 3.27. The fourth-order valence-corrected chi connectivity index (χ4v) is 2.14. The van der Waals surface area contributed by atoms with Gasteiger partial charge < -0.3 is 10.3 Å². The maximum atomic E-state index is 12.6. The number of rotatable bonds is 0. The number of fused-ring (bicyclic) bond motifs is 1. The molecule has 0 fully saturated rings. The van der Waals surface area contributed by atoms with Crippen LogP contribution in [0.4, 0.5) is 13.2 Å². The van der Waals surface area contributed by atoms with Crippen LogP contribution in [-0.2, 0) is 19.1 Å². The first-order valence-electron chi connectivity index (χ1n) is 4.91. The third-order valence-corrected chi connectivity index (χ3v) is 2.95. The van der Waals surface area contributed by atoms with Gasteiger partial charge in [0, 0.05) is 30.4 Å². The minimum absolute atomic E-state index is 0.00659. The molecule has 1 unspecified atom stereocenters. The Labute approximate surface area is 85.9 Å². The van der Waals surface area contributed by atoms with Crippen molar-refractivity contribution in [2.45, 2.75) is 38.5 Å². The van der Waals surface area contributed by atoms with Crippen molar-refractivity contribution in [1.82, 2.24) is 4.57 Å². The van der Waals surface area contributed by atoms with Gasteiger partial charge >= 0.3 is 6.18 Å². The summed E-state index contributed by atoms with van der Waals surface area (Å²) in [6.07, 6.45) is -2.96. The van der Waals surface area contributed by atoms with Crippen molar-refractivity contribution in [1.29, 1.82) is 0 Å². The molecule has 0 aromatic carbocycles. The molecule has 0 radical (unpaired) electrons. The van der Waals surface area contributed by atoms with Crippen molar-refractivity contribution >= 4 is 0 Å². The van der Waals surface area contributed by atoms with Gasteiger partial charge in [0.2, 0.25) is 0 Å². The molecule has 1 atom stereocenters. The van der Waals surface area contributed by atoms with Crippen molar-refractivity contribution in [2.75, 3.05) is 0 Å². The summed E-state index contributed by atoms with van der Waals surface area (Å²) in [6.45, 7) is 2.11. The summed E-state index contributed by atoms with van der Waals surface area (Å²) < 4.78 is 39.5. The molecular formula is C10H13F3N2. The van der Waals surface area contributed by atoms with Crippen molar-refractivity contribution in [2.24, 2.45) is 5.73 Å². The molecule has 1 aliphatic rings. The van der Waals surface area contributed by atoms with E-state index in [1.807, 2.05) is 0 Å². The van der Waals surface area contributed by atoms with Crippen LogP contribution in [0.25, 0.3) is 0 Å². The second-order valence-corrected chi connectivity index (χ2v) is 4.04. The Balaban J connectivity index is 2.45. The molecule has 2 heterocycles. The summed E-state index contributed by atoms with van der Waals surface area (Å²) >= 11 is 0. The Morgan fingerprint density at radius 1 is 1.47 bits per heavy atom. The van der Waals surface area contributed by atoms with Crippen LogP contribution in [0.1, 0.15) is 23.4 Å². The summed E-state index contributed by atoms with van der Waals surface area (Å²) in [5, 5.41) is 0. The van der Waals surface area contributed by atoms with E-state index in [1.165, 1.54) is 13.0 Å². The van der Waals surface area contributed by atoms with Gasteiger partial charge in [-0.1, -0.05) is 0 Å². The normalized spacial score (nSPS) is 21.5. The van der Waals surface area contributed by atoms with Gasteiger partial charge in [0.15, 0.2) is 0 Å². The highest BCUT2D eigenvalue weighted by atomic mass is 19.4. The average Bonchev–Trinajstić information content (AvgIpc) is 2.42. The molecule has 2 rings (SSSR count). The molecule has 0 aliphatic carbocycles. The number of hydrogen-bond donors (Lipinski definition) is 1. The number of aromatic nitrogens is 1. The minimum atomic E-state index is -4.25. The van der Waals surface area contributed by atoms with E-state index in [4.69, 9.17) is 5.73 Å². The fraction of sp³-hybridized carbons (Fsp3) is 0.600. The monoisotopic (exact) mass is 218 g/mol. The van der Waals surface area contributed by atoms with E-state index in [1.54, 1.807) is 4.57 Å². The van der Waals surface area contributed by atoms with E-state index in [9.17, 15) is 13.2 Å². The zero-order chi connectivity index (χ0) is 11.2. The van der Waals surface area contributed by atoms with E-state index in [0.29, 0.717) is 24.4 Å². The van der Waals surface area contributed by atoms with Crippen LogP contribution in [0, 0.1) is 6.92 Å². The Hall–Kier alpha value is -0.970. The van der Waals surface area contributed by atoms with Crippen molar-refractivity contribution in [3.8, 4) is 0 Å². The maximum absolute atomic E-state index is 12.6. The van der Waals surface area contributed by atoms with Crippen molar-refractivity contribution in [3.63, 3.8) is 0 Å². The van der Waals surface area contributed by atoms with E-state index in [0.717, 1.165) is 6.42 Å². The molecule has 0 amide bonds. The lowest BCUT2D eigenvalue weighted by Gasteiger charge is -2.22. The number of halogens is 3. The number of alkyl halides is 3. The molecule has 0 saturated carbocycles. The lowest BCUT2D eigenvalue weighted by molar-refractivity contribution is -0.138.